The maximum absolute atomic E-state index is 12.0. The fraction of sp³-hybridized carbons (Fsp3) is 0.500. The Morgan fingerprint density at radius 2 is 1.74 bits per heavy atom. The van der Waals surface area contributed by atoms with Crippen molar-refractivity contribution in [3.63, 3.8) is 0 Å². The monoisotopic (exact) mass is 284 g/mol. The summed E-state index contributed by atoms with van der Waals surface area (Å²) in [6.07, 6.45) is 0. The SMILES string of the molecule is CCN(CC)c1sc(C(=O)N(C)C)c(N)c1C(N)=O. The van der Waals surface area contributed by atoms with Crippen molar-refractivity contribution in [2.24, 2.45) is 5.73 Å². The van der Waals surface area contributed by atoms with E-state index in [0.717, 1.165) is 0 Å². The summed E-state index contributed by atoms with van der Waals surface area (Å²) >= 11 is 1.22. The van der Waals surface area contributed by atoms with Crippen LogP contribution in [0.2, 0.25) is 0 Å². The van der Waals surface area contributed by atoms with E-state index in [0.29, 0.717) is 23.0 Å². The molecule has 0 fully saturated rings. The van der Waals surface area contributed by atoms with E-state index in [9.17, 15) is 9.59 Å². The maximum Gasteiger partial charge on any atom is 0.265 e. The lowest BCUT2D eigenvalue weighted by atomic mass is 10.2. The van der Waals surface area contributed by atoms with Crippen molar-refractivity contribution in [2.45, 2.75) is 13.8 Å². The maximum atomic E-state index is 12.0. The second-order valence-electron chi connectivity index (χ2n) is 4.26. The molecule has 2 amide bonds. The van der Waals surface area contributed by atoms with Gasteiger partial charge in [0.1, 0.15) is 9.88 Å². The lowest BCUT2D eigenvalue weighted by molar-refractivity contribution is 0.0833. The highest BCUT2D eigenvalue weighted by Crippen LogP contribution is 2.38. The van der Waals surface area contributed by atoms with Crippen LogP contribution in [-0.4, -0.2) is 43.9 Å². The van der Waals surface area contributed by atoms with Crippen molar-refractivity contribution in [3.05, 3.63) is 10.4 Å². The van der Waals surface area contributed by atoms with Crippen LogP contribution in [0.15, 0.2) is 0 Å². The van der Waals surface area contributed by atoms with Crippen LogP contribution in [-0.2, 0) is 0 Å². The Balaban J connectivity index is 3.43. The fourth-order valence-electron chi connectivity index (χ4n) is 1.76. The minimum absolute atomic E-state index is 0.179. The number of amides is 2. The normalized spacial score (nSPS) is 10.3. The Labute approximate surface area is 117 Å². The third kappa shape index (κ3) is 2.81. The first-order valence-electron chi connectivity index (χ1n) is 6.03. The second kappa shape index (κ2) is 5.92. The zero-order valence-electron chi connectivity index (χ0n) is 11.7. The number of hydrogen-bond donors (Lipinski definition) is 2. The van der Waals surface area contributed by atoms with Crippen LogP contribution in [0.4, 0.5) is 10.7 Å². The molecule has 6 nitrogen and oxygen atoms in total. The first-order chi connectivity index (χ1) is 8.84. The summed E-state index contributed by atoms with van der Waals surface area (Å²) in [5.74, 6) is -0.822. The summed E-state index contributed by atoms with van der Waals surface area (Å²) in [6, 6.07) is 0. The number of carbonyl (C=O) groups excluding carboxylic acids is 2. The molecule has 7 heteroatoms. The molecule has 0 radical (unpaired) electrons. The molecule has 0 aliphatic rings. The van der Waals surface area contributed by atoms with E-state index in [1.54, 1.807) is 14.1 Å². The highest BCUT2D eigenvalue weighted by molar-refractivity contribution is 7.19. The lowest BCUT2D eigenvalue weighted by Crippen LogP contribution is -2.24. The van der Waals surface area contributed by atoms with Gasteiger partial charge in [-0.25, -0.2) is 0 Å². The minimum atomic E-state index is -0.603. The Hall–Kier alpha value is -1.76. The summed E-state index contributed by atoms with van der Waals surface area (Å²) in [7, 11) is 3.28. The highest BCUT2D eigenvalue weighted by atomic mass is 32.1. The standard InChI is InChI=1S/C12H20N4O2S/c1-5-16(6-2)12-7(10(14)17)8(13)9(19-12)11(18)15(3)4/h5-6,13H2,1-4H3,(H2,14,17). The number of anilines is 2. The number of nitrogen functional groups attached to an aromatic ring is 1. The van der Waals surface area contributed by atoms with Gasteiger partial charge in [-0.3, -0.25) is 9.59 Å². The zero-order chi connectivity index (χ0) is 14.7. The molecule has 0 aromatic carbocycles. The van der Waals surface area contributed by atoms with E-state index in [4.69, 9.17) is 11.5 Å². The van der Waals surface area contributed by atoms with E-state index in [1.807, 2.05) is 18.7 Å². The summed E-state index contributed by atoms with van der Waals surface area (Å²) in [5, 5.41) is 0.667. The van der Waals surface area contributed by atoms with Crippen molar-refractivity contribution in [1.82, 2.24) is 4.90 Å². The Morgan fingerprint density at radius 1 is 1.21 bits per heavy atom. The average molecular weight is 284 g/mol. The van der Waals surface area contributed by atoms with Gasteiger partial charge in [-0.1, -0.05) is 0 Å². The molecule has 0 unspecified atom stereocenters. The van der Waals surface area contributed by atoms with Crippen LogP contribution < -0.4 is 16.4 Å². The molecular weight excluding hydrogens is 264 g/mol. The van der Waals surface area contributed by atoms with Crippen LogP contribution in [0.25, 0.3) is 0 Å². The summed E-state index contributed by atoms with van der Waals surface area (Å²) in [4.78, 5) is 27.4. The Bertz CT molecular complexity index is 492. The third-order valence-electron chi connectivity index (χ3n) is 2.82. The van der Waals surface area contributed by atoms with Gasteiger partial charge in [-0.2, -0.15) is 0 Å². The Morgan fingerprint density at radius 3 is 2.11 bits per heavy atom. The quantitative estimate of drug-likeness (QED) is 0.843. The van der Waals surface area contributed by atoms with Crippen LogP contribution in [0.1, 0.15) is 33.9 Å². The molecular formula is C12H20N4O2S. The number of rotatable bonds is 5. The van der Waals surface area contributed by atoms with E-state index in [1.165, 1.54) is 16.2 Å². The molecule has 0 aliphatic carbocycles. The van der Waals surface area contributed by atoms with Gasteiger partial charge >= 0.3 is 0 Å². The second-order valence-corrected chi connectivity index (χ2v) is 5.26. The molecule has 1 heterocycles. The van der Waals surface area contributed by atoms with Gasteiger partial charge in [-0.15, -0.1) is 11.3 Å². The van der Waals surface area contributed by atoms with Gasteiger partial charge in [0, 0.05) is 27.2 Å². The molecule has 4 N–H and O–H groups in total. The van der Waals surface area contributed by atoms with Crippen LogP contribution in [0.5, 0.6) is 0 Å². The molecule has 1 rings (SSSR count). The molecule has 0 saturated carbocycles. The van der Waals surface area contributed by atoms with Crippen molar-refractivity contribution in [1.29, 1.82) is 0 Å². The predicted octanol–water partition coefficient (Wildman–Crippen LogP) is 0.977. The number of nitrogens with two attached hydrogens (primary N) is 2. The van der Waals surface area contributed by atoms with Crippen molar-refractivity contribution < 1.29 is 9.59 Å². The van der Waals surface area contributed by atoms with Crippen LogP contribution in [0.3, 0.4) is 0 Å². The summed E-state index contributed by atoms with van der Waals surface area (Å²) in [6.45, 7) is 5.37. The first kappa shape index (κ1) is 15.3. The van der Waals surface area contributed by atoms with Crippen molar-refractivity contribution >= 4 is 33.8 Å². The third-order valence-corrected chi connectivity index (χ3v) is 4.08. The molecule has 1 aromatic heterocycles. The molecule has 106 valence electrons. The molecule has 19 heavy (non-hydrogen) atoms. The summed E-state index contributed by atoms with van der Waals surface area (Å²) < 4.78 is 0. The van der Waals surface area contributed by atoms with E-state index in [-0.39, 0.29) is 17.2 Å². The van der Waals surface area contributed by atoms with Gasteiger partial charge in [0.25, 0.3) is 11.8 Å². The molecule has 0 bridgehead atoms. The molecule has 0 saturated heterocycles. The van der Waals surface area contributed by atoms with E-state index in [2.05, 4.69) is 0 Å². The fourth-order valence-corrected chi connectivity index (χ4v) is 3.14. The summed E-state index contributed by atoms with van der Waals surface area (Å²) in [5.41, 5.74) is 11.7. The lowest BCUT2D eigenvalue weighted by Gasteiger charge is -2.19. The first-order valence-corrected chi connectivity index (χ1v) is 6.85. The van der Waals surface area contributed by atoms with Gasteiger partial charge in [-0.05, 0) is 13.8 Å². The molecule has 1 aromatic rings. The van der Waals surface area contributed by atoms with E-state index >= 15 is 0 Å². The molecule has 0 spiro atoms. The van der Waals surface area contributed by atoms with Crippen LogP contribution in [0, 0.1) is 0 Å². The van der Waals surface area contributed by atoms with Crippen molar-refractivity contribution in [3.8, 4) is 0 Å². The largest absolute Gasteiger partial charge is 0.397 e. The van der Waals surface area contributed by atoms with Gasteiger partial charge in [0.05, 0.1) is 11.3 Å². The number of thiophene rings is 1. The van der Waals surface area contributed by atoms with Crippen molar-refractivity contribution in [2.75, 3.05) is 37.8 Å². The Kier molecular flexibility index (Phi) is 4.77. The number of carbonyl (C=O) groups is 2. The predicted molar refractivity (Wildman–Crippen MR) is 78.8 cm³/mol. The molecule has 0 aliphatic heterocycles. The highest BCUT2D eigenvalue weighted by Gasteiger charge is 2.27. The average Bonchev–Trinajstić information content (AvgIpc) is 2.67. The van der Waals surface area contributed by atoms with Gasteiger partial charge in [0.15, 0.2) is 0 Å². The van der Waals surface area contributed by atoms with Gasteiger partial charge in [0.2, 0.25) is 0 Å². The van der Waals surface area contributed by atoms with Gasteiger partial charge < -0.3 is 21.3 Å². The number of hydrogen-bond acceptors (Lipinski definition) is 5. The smallest absolute Gasteiger partial charge is 0.265 e. The van der Waals surface area contributed by atoms with E-state index < -0.39 is 5.91 Å². The topological polar surface area (TPSA) is 92.7 Å². The number of primary amides is 1. The zero-order valence-corrected chi connectivity index (χ0v) is 12.5. The minimum Gasteiger partial charge on any atom is -0.397 e. The van der Waals surface area contributed by atoms with Crippen LogP contribution >= 0.6 is 11.3 Å². The number of nitrogens with zero attached hydrogens (tertiary/aromatic N) is 2. The molecule has 0 atom stereocenters.